The molecule has 4 heterocycles. The Morgan fingerprint density at radius 1 is 0.972 bits per heavy atom. The first-order chi connectivity index (χ1) is 17.5. The van der Waals surface area contributed by atoms with E-state index in [1.54, 1.807) is 0 Å². The Morgan fingerprint density at radius 2 is 1.72 bits per heavy atom. The van der Waals surface area contributed by atoms with Gasteiger partial charge in [-0.1, -0.05) is 30.3 Å². The van der Waals surface area contributed by atoms with E-state index in [0.717, 1.165) is 35.1 Å². The first-order valence-electron chi connectivity index (χ1n) is 13.9. The van der Waals surface area contributed by atoms with Gasteiger partial charge >= 0.3 is 0 Å². The largest absolute Gasteiger partial charge is 0.378 e. The normalized spacial score (nSPS) is 26.5. The van der Waals surface area contributed by atoms with Crippen LogP contribution in [-0.2, 0) is 6.42 Å². The highest BCUT2D eigenvalue weighted by Crippen LogP contribution is 2.37. The molecule has 2 N–H and O–H groups in total. The second-order valence-electron chi connectivity index (χ2n) is 11.4. The van der Waals surface area contributed by atoms with Gasteiger partial charge in [0, 0.05) is 51.1 Å². The molecule has 4 aliphatic heterocycles. The van der Waals surface area contributed by atoms with Crippen molar-refractivity contribution in [3.63, 3.8) is 0 Å². The predicted molar refractivity (Wildman–Crippen MR) is 156 cm³/mol. The van der Waals surface area contributed by atoms with Crippen LogP contribution in [0.5, 0.6) is 0 Å². The first-order valence-corrected chi connectivity index (χ1v) is 14.3. The van der Waals surface area contributed by atoms with Crippen LogP contribution in [0.2, 0.25) is 0 Å². The molecule has 6 rings (SSSR count). The third-order valence-corrected chi connectivity index (χ3v) is 8.97. The molecule has 36 heavy (non-hydrogen) atoms. The Hall–Kier alpha value is -2.15. The Balaban J connectivity index is 1.03. The summed E-state index contributed by atoms with van der Waals surface area (Å²) in [4.78, 5) is 7.60. The maximum atomic E-state index is 5.60. The smallest absolute Gasteiger partial charge is 0.170 e. The minimum absolute atomic E-state index is 0.604. The molecule has 2 aromatic rings. The maximum absolute atomic E-state index is 5.60. The van der Waals surface area contributed by atoms with Crippen molar-refractivity contribution in [1.82, 2.24) is 15.1 Å². The molecule has 4 aliphatic rings. The molecule has 5 nitrogen and oxygen atoms in total. The van der Waals surface area contributed by atoms with Gasteiger partial charge in [-0.05, 0) is 112 Å². The fourth-order valence-corrected chi connectivity index (χ4v) is 6.75. The van der Waals surface area contributed by atoms with E-state index in [4.69, 9.17) is 12.2 Å². The molecular weight excluding hydrogens is 462 g/mol. The number of benzene rings is 2. The Morgan fingerprint density at radius 3 is 2.39 bits per heavy atom. The summed E-state index contributed by atoms with van der Waals surface area (Å²) in [5.74, 6) is 2.55. The van der Waals surface area contributed by atoms with Gasteiger partial charge in [0.25, 0.3) is 0 Å². The highest BCUT2D eigenvalue weighted by atomic mass is 32.1. The second-order valence-corrected chi connectivity index (χ2v) is 11.8. The predicted octanol–water partition coefficient (Wildman–Crippen LogP) is 4.70. The van der Waals surface area contributed by atoms with Crippen LogP contribution in [0, 0.1) is 17.8 Å². The number of anilines is 2. The van der Waals surface area contributed by atoms with E-state index >= 15 is 0 Å². The van der Waals surface area contributed by atoms with Gasteiger partial charge < -0.3 is 20.4 Å². The molecule has 0 aromatic heterocycles. The highest BCUT2D eigenvalue weighted by molar-refractivity contribution is 7.80. The first kappa shape index (κ1) is 25.5. The van der Waals surface area contributed by atoms with E-state index in [9.17, 15) is 0 Å². The number of thiocarbonyl (C=S) groups is 1. The molecule has 0 amide bonds. The van der Waals surface area contributed by atoms with Crippen LogP contribution in [0.3, 0.4) is 0 Å². The van der Waals surface area contributed by atoms with Gasteiger partial charge in [0.15, 0.2) is 5.11 Å². The zero-order valence-corrected chi connectivity index (χ0v) is 22.9. The Kier molecular flexibility index (Phi) is 8.45. The fraction of sp³-hybridized carbons (Fsp3) is 0.567. The number of hydrogen-bond acceptors (Lipinski definition) is 4. The van der Waals surface area contributed by atoms with E-state index in [0.29, 0.717) is 6.04 Å². The van der Waals surface area contributed by atoms with Crippen LogP contribution in [0.25, 0.3) is 0 Å². The average Bonchev–Trinajstić information content (AvgIpc) is 2.90. The van der Waals surface area contributed by atoms with Crippen molar-refractivity contribution < 1.29 is 0 Å². The highest BCUT2D eigenvalue weighted by Gasteiger charge is 2.40. The molecule has 4 saturated heterocycles. The molecule has 4 fully saturated rings. The minimum atomic E-state index is 0.604. The fourth-order valence-electron chi connectivity index (χ4n) is 6.55. The monoisotopic (exact) mass is 505 g/mol. The standard InChI is InChI=1S/C30H43N5S/c1-33(2)28-10-8-27(9-11-28)32-30(36)31-20-29-19-25-14-17-35(29)22-26(25)21-34-15-12-24(13-16-34)18-23-6-4-3-5-7-23/h3-11,24-26,29H,12-22H2,1-2H3,(H2,31,32,36)/t25-,26+,29+/m1/s1. The number of likely N-dealkylation sites (tertiary alicyclic amines) is 1. The number of rotatable bonds is 8. The zero-order valence-electron chi connectivity index (χ0n) is 22.0. The third kappa shape index (κ3) is 6.58. The van der Waals surface area contributed by atoms with E-state index < -0.39 is 0 Å². The molecule has 1 unspecified atom stereocenters. The lowest BCUT2D eigenvalue weighted by Gasteiger charge is -2.51. The summed E-state index contributed by atoms with van der Waals surface area (Å²) in [5, 5.41) is 7.58. The quantitative estimate of drug-likeness (QED) is 0.506. The topological polar surface area (TPSA) is 33.8 Å². The van der Waals surface area contributed by atoms with E-state index in [1.807, 2.05) is 0 Å². The van der Waals surface area contributed by atoms with E-state index in [-0.39, 0.29) is 0 Å². The molecule has 4 atom stereocenters. The molecule has 2 aromatic carbocycles. The lowest BCUT2D eigenvalue weighted by Crippen LogP contribution is -2.58. The molecule has 0 radical (unpaired) electrons. The molecule has 194 valence electrons. The number of hydrogen-bond donors (Lipinski definition) is 2. The van der Waals surface area contributed by atoms with Gasteiger partial charge in [-0.15, -0.1) is 0 Å². The van der Waals surface area contributed by atoms with Crippen molar-refractivity contribution in [2.45, 2.75) is 38.1 Å². The van der Waals surface area contributed by atoms with Gasteiger partial charge in [0.1, 0.15) is 0 Å². The van der Waals surface area contributed by atoms with Crippen LogP contribution in [0.15, 0.2) is 54.6 Å². The lowest BCUT2D eigenvalue weighted by atomic mass is 9.75. The van der Waals surface area contributed by atoms with E-state index in [2.05, 4.69) is 94.0 Å². The SMILES string of the molecule is CN(C)c1ccc(NC(=S)NC[C@@H]2C[C@H]3CCN2C[C@@H]3CN2CCC(Cc3ccccc3)CC2)cc1. The van der Waals surface area contributed by atoms with Crippen molar-refractivity contribution in [3.05, 3.63) is 60.2 Å². The summed E-state index contributed by atoms with van der Waals surface area (Å²) >= 11 is 5.60. The van der Waals surface area contributed by atoms with Crippen LogP contribution in [0.1, 0.15) is 31.2 Å². The second kappa shape index (κ2) is 11.9. The summed E-state index contributed by atoms with van der Waals surface area (Å²) in [7, 11) is 4.11. The Labute approximate surface area is 223 Å². The van der Waals surface area contributed by atoms with Crippen molar-refractivity contribution in [3.8, 4) is 0 Å². The van der Waals surface area contributed by atoms with Gasteiger partial charge in [-0.2, -0.15) is 0 Å². The minimum Gasteiger partial charge on any atom is -0.378 e. The molecule has 2 bridgehead atoms. The molecule has 0 saturated carbocycles. The van der Waals surface area contributed by atoms with Crippen LogP contribution in [0.4, 0.5) is 11.4 Å². The van der Waals surface area contributed by atoms with Gasteiger partial charge in [-0.25, -0.2) is 0 Å². The summed E-state index contributed by atoms with van der Waals surface area (Å²) in [6.07, 6.45) is 6.63. The summed E-state index contributed by atoms with van der Waals surface area (Å²) in [6, 6.07) is 20.1. The lowest BCUT2D eigenvalue weighted by molar-refractivity contribution is -0.0141. The molecule has 0 spiro atoms. The third-order valence-electron chi connectivity index (χ3n) is 8.72. The van der Waals surface area contributed by atoms with Crippen molar-refractivity contribution in [2.75, 3.05) is 63.6 Å². The van der Waals surface area contributed by atoms with Crippen molar-refractivity contribution in [2.24, 2.45) is 17.8 Å². The molecular formula is C30H43N5S. The van der Waals surface area contributed by atoms with Crippen LogP contribution < -0.4 is 15.5 Å². The number of nitrogens with one attached hydrogen (secondary N) is 2. The number of fused-ring (bicyclic) bond motifs is 3. The van der Waals surface area contributed by atoms with Gasteiger partial charge in [-0.3, -0.25) is 4.90 Å². The molecule has 6 heteroatoms. The number of nitrogens with zero attached hydrogens (tertiary/aromatic N) is 3. The van der Waals surface area contributed by atoms with Crippen molar-refractivity contribution >= 4 is 28.7 Å². The zero-order chi connectivity index (χ0) is 24.9. The summed E-state index contributed by atoms with van der Waals surface area (Å²) in [5.41, 5.74) is 3.73. The average molecular weight is 506 g/mol. The van der Waals surface area contributed by atoms with E-state index in [1.165, 1.54) is 76.1 Å². The van der Waals surface area contributed by atoms with Gasteiger partial charge in [0.05, 0.1) is 0 Å². The summed E-state index contributed by atoms with van der Waals surface area (Å²) in [6.45, 7) is 7.30. The maximum Gasteiger partial charge on any atom is 0.170 e. The number of piperidine rings is 4. The Bertz CT molecular complexity index is 971. The van der Waals surface area contributed by atoms with Crippen LogP contribution >= 0.6 is 12.2 Å². The summed E-state index contributed by atoms with van der Waals surface area (Å²) < 4.78 is 0. The van der Waals surface area contributed by atoms with Gasteiger partial charge in [0.2, 0.25) is 0 Å². The molecule has 0 aliphatic carbocycles. The van der Waals surface area contributed by atoms with Crippen LogP contribution in [-0.4, -0.2) is 74.3 Å². The van der Waals surface area contributed by atoms with Crippen molar-refractivity contribution in [1.29, 1.82) is 0 Å².